The Bertz CT molecular complexity index is 222. The summed E-state index contributed by atoms with van der Waals surface area (Å²) in [5, 5.41) is 0. The molecule has 1 saturated carbocycles. The van der Waals surface area contributed by atoms with E-state index >= 15 is 0 Å². The number of Topliss-reactive ketones (excluding diaryl/α,β-unsaturated/α-hetero) is 1. The molecule has 0 spiro atoms. The van der Waals surface area contributed by atoms with Crippen molar-refractivity contribution < 1.29 is 4.79 Å². The van der Waals surface area contributed by atoms with Crippen LogP contribution in [0.25, 0.3) is 0 Å². The van der Waals surface area contributed by atoms with Gasteiger partial charge in [0.15, 0.2) is 0 Å². The van der Waals surface area contributed by atoms with Crippen molar-refractivity contribution in [1.82, 2.24) is 0 Å². The van der Waals surface area contributed by atoms with Crippen LogP contribution in [0.1, 0.15) is 103 Å². The van der Waals surface area contributed by atoms with Crippen LogP contribution in [0.4, 0.5) is 0 Å². The van der Waals surface area contributed by atoms with Gasteiger partial charge in [-0.3, -0.25) is 4.79 Å². The Hall–Kier alpha value is -0.330. The third-order valence-electron chi connectivity index (χ3n) is 4.56. The fraction of sp³-hybridized carbons (Fsp3) is 0.944. The lowest BCUT2D eigenvalue weighted by atomic mass is 9.96. The van der Waals surface area contributed by atoms with Gasteiger partial charge < -0.3 is 0 Å². The largest absolute Gasteiger partial charge is 0.300 e. The Labute approximate surface area is 120 Å². The number of hydrogen-bond acceptors (Lipinski definition) is 1. The minimum atomic E-state index is 0.511. The fourth-order valence-corrected chi connectivity index (χ4v) is 3.15. The van der Waals surface area contributed by atoms with Crippen molar-refractivity contribution >= 4 is 5.78 Å². The molecule has 0 heterocycles. The van der Waals surface area contributed by atoms with Crippen molar-refractivity contribution in [3.05, 3.63) is 0 Å². The predicted molar refractivity (Wildman–Crippen MR) is 83.4 cm³/mol. The molecule has 0 N–H and O–H groups in total. The molecule has 1 unspecified atom stereocenters. The molecule has 1 atom stereocenters. The van der Waals surface area contributed by atoms with E-state index in [2.05, 4.69) is 6.92 Å². The van der Waals surface area contributed by atoms with Crippen LogP contribution < -0.4 is 0 Å². The van der Waals surface area contributed by atoms with E-state index in [0.29, 0.717) is 5.78 Å². The van der Waals surface area contributed by atoms with Gasteiger partial charge >= 0.3 is 0 Å². The van der Waals surface area contributed by atoms with Crippen molar-refractivity contribution in [1.29, 1.82) is 0 Å². The van der Waals surface area contributed by atoms with E-state index in [1.54, 1.807) is 0 Å². The fourth-order valence-electron chi connectivity index (χ4n) is 3.15. The second kappa shape index (κ2) is 11.5. The quantitative estimate of drug-likeness (QED) is 0.521. The number of carbonyl (C=O) groups is 1. The van der Waals surface area contributed by atoms with Gasteiger partial charge in [0.1, 0.15) is 5.78 Å². The molecule has 0 bridgehead atoms. The van der Waals surface area contributed by atoms with Crippen LogP contribution in [0.2, 0.25) is 0 Å². The second-order valence-corrected chi connectivity index (χ2v) is 6.61. The first-order valence-corrected chi connectivity index (χ1v) is 8.81. The maximum Gasteiger partial charge on any atom is 0.132 e. The summed E-state index contributed by atoms with van der Waals surface area (Å²) in [6.07, 6.45) is 19.1. The molecule has 1 aliphatic rings. The summed E-state index contributed by atoms with van der Waals surface area (Å²) >= 11 is 0. The molecule has 1 nitrogen and oxygen atoms in total. The molecule has 0 aromatic heterocycles. The first-order valence-electron chi connectivity index (χ1n) is 8.81. The van der Waals surface area contributed by atoms with Gasteiger partial charge in [0, 0.05) is 12.8 Å². The first-order chi connectivity index (χ1) is 9.29. The van der Waals surface area contributed by atoms with Crippen LogP contribution >= 0.6 is 0 Å². The van der Waals surface area contributed by atoms with E-state index < -0.39 is 0 Å². The molecular formula is C18H34O. The lowest BCUT2D eigenvalue weighted by molar-refractivity contribution is -0.119. The Morgan fingerprint density at radius 3 is 1.68 bits per heavy atom. The average Bonchev–Trinajstić information content (AvgIpc) is 2.39. The zero-order chi connectivity index (χ0) is 13.8. The summed E-state index contributed by atoms with van der Waals surface area (Å²) in [6, 6.07) is 0. The Kier molecular flexibility index (Phi) is 10.1. The highest BCUT2D eigenvalue weighted by Gasteiger charge is 2.06. The number of hydrogen-bond donors (Lipinski definition) is 0. The molecule has 112 valence electrons. The zero-order valence-corrected chi connectivity index (χ0v) is 13.1. The highest BCUT2D eigenvalue weighted by molar-refractivity contribution is 5.78. The normalized spacial score (nSPS) is 26.8. The molecule has 1 heteroatoms. The van der Waals surface area contributed by atoms with Crippen molar-refractivity contribution in [3.8, 4) is 0 Å². The van der Waals surface area contributed by atoms with Gasteiger partial charge in [-0.1, -0.05) is 77.6 Å². The second-order valence-electron chi connectivity index (χ2n) is 6.61. The van der Waals surface area contributed by atoms with E-state index in [1.165, 1.54) is 70.6 Å². The molecule has 1 rings (SSSR count). The monoisotopic (exact) mass is 266 g/mol. The summed E-state index contributed by atoms with van der Waals surface area (Å²) in [4.78, 5) is 11.7. The van der Waals surface area contributed by atoms with Crippen LogP contribution in [0.5, 0.6) is 0 Å². The van der Waals surface area contributed by atoms with Gasteiger partial charge in [-0.05, 0) is 18.8 Å². The number of ketones is 1. The molecule has 19 heavy (non-hydrogen) atoms. The summed E-state index contributed by atoms with van der Waals surface area (Å²) in [5.74, 6) is 1.33. The number of carbonyl (C=O) groups excluding carboxylic acids is 1. The molecular weight excluding hydrogens is 232 g/mol. The lowest BCUT2D eigenvalue weighted by Crippen LogP contribution is -2.00. The Balaban J connectivity index is 2.20. The van der Waals surface area contributed by atoms with Gasteiger partial charge in [-0.25, -0.2) is 0 Å². The SMILES string of the molecule is CC1CCCCCCCCCCCCC(=O)CCC1. The summed E-state index contributed by atoms with van der Waals surface area (Å²) in [7, 11) is 0. The molecule has 1 fully saturated rings. The van der Waals surface area contributed by atoms with Crippen LogP contribution in [0.3, 0.4) is 0 Å². The average molecular weight is 266 g/mol. The molecule has 0 aliphatic heterocycles. The van der Waals surface area contributed by atoms with Crippen LogP contribution in [-0.4, -0.2) is 5.78 Å². The number of rotatable bonds is 0. The van der Waals surface area contributed by atoms with Crippen LogP contribution in [-0.2, 0) is 4.79 Å². The minimum Gasteiger partial charge on any atom is -0.300 e. The lowest BCUT2D eigenvalue weighted by Gasteiger charge is -2.10. The first kappa shape index (κ1) is 16.7. The highest BCUT2D eigenvalue weighted by atomic mass is 16.1. The highest BCUT2D eigenvalue weighted by Crippen LogP contribution is 2.19. The minimum absolute atomic E-state index is 0.511. The van der Waals surface area contributed by atoms with Gasteiger partial charge in [0.2, 0.25) is 0 Å². The molecule has 1 aliphatic carbocycles. The van der Waals surface area contributed by atoms with Crippen molar-refractivity contribution in [2.45, 2.75) is 103 Å². The standard InChI is InChI=1S/C18H34O/c1-17-13-10-8-6-4-2-3-5-7-9-11-15-18(19)16-12-14-17/h17H,2-16H2,1H3. The molecule has 0 radical (unpaired) electrons. The topological polar surface area (TPSA) is 17.1 Å². The summed E-state index contributed by atoms with van der Waals surface area (Å²) in [5.41, 5.74) is 0. The maximum atomic E-state index is 11.7. The smallest absolute Gasteiger partial charge is 0.132 e. The van der Waals surface area contributed by atoms with Gasteiger partial charge in [-0.15, -0.1) is 0 Å². The zero-order valence-electron chi connectivity index (χ0n) is 13.1. The van der Waals surface area contributed by atoms with Crippen molar-refractivity contribution in [2.24, 2.45) is 5.92 Å². The van der Waals surface area contributed by atoms with Crippen molar-refractivity contribution in [2.75, 3.05) is 0 Å². The van der Waals surface area contributed by atoms with E-state index in [9.17, 15) is 4.79 Å². The third kappa shape index (κ3) is 10.2. The molecule has 0 saturated heterocycles. The summed E-state index contributed by atoms with van der Waals surface area (Å²) in [6.45, 7) is 2.36. The van der Waals surface area contributed by atoms with Gasteiger partial charge in [-0.2, -0.15) is 0 Å². The molecule has 0 aromatic rings. The molecule has 0 amide bonds. The van der Waals surface area contributed by atoms with E-state index in [4.69, 9.17) is 0 Å². The predicted octanol–water partition coefficient (Wildman–Crippen LogP) is 6.06. The summed E-state index contributed by atoms with van der Waals surface area (Å²) < 4.78 is 0. The third-order valence-corrected chi connectivity index (χ3v) is 4.56. The Morgan fingerprint density at radius 1 is 0.632 bits per heavy atom. The Morgan fingerprint density at radius 2 is 1.05 bits per heavy atom. The van der Waals surface area contributed by atoms with E-state index in [0.717, 1.165) is 31.6 Å². The molecule has 0 aromatic carbocycles. The van der Waals surface area contributed by atoms with E-state index in [1.807, 2.05) is 0 Å². The maximum absolute atomic E-state index is 11.7. The van der Waals surface area contributed by atoms with E-state index in [-0.39, 0.29) is 0 Å². The van der Waals surface area contributed by atoms with Gasteiger partial charge in [0.25, 0.3) is 0 Å². The van der Waals surface area contributed by atoms with Crippen LogP contribution in [0, 0.1) is 5.92 Å². The van der Waals surface area contributed by atoms with Crippen molar-refractivity contribution in [3.63, 3.8) is 0 Å². The van der Waals surface area contributed by atoms with Gasteiger partial charge in [0.05, 0.1) is 0 Å². The van der Waals surface area contributed by atoms with Crippen LogP contribution in [0.15, 0.2) is 0 Å².